The summed E-state index contributed by atoms with van der Waals surface area (Å²) in [6, 6.07) is 19.7. The summed E-state index contributed by atoms with van der Waals surface area (Å²) in [6.07, 6.45) is 0.740. The van der Waals surface area contributed by atoms with Gasteiger partial charge in [-0.05, 0) is 76.1 Å². The van der Waals surface area contributed by atoms with Crippen LogP contribution in [0.2, 0.25) is 0 Å². The highest BCUT2D eigenvalue weighted by Gasteiger charge is 2.32. The Bertz CT molecular complexity index is 1390. The first-order valence-electron chi connectivity index (χ1n) is 13.3. The molecule has 0 saturated heterocycles. The Morgan fingerprint density at radius 2 is 1.43 bits per heavy atom. The van der Waals surface area contributed by atoms with E-state index in [2.05, 4.69) is 5.32 Å². The van der Waals surface area contributed by atoms with Crippen LogP contribution >= 0.6 is 0 Å². The average Bonchev–Trinajstić information content (AvgIpc) is 2.95. The van der Waals surface area contributed by atoms with Crippen molar-refractivity contribution in [3.8, 4) is 5.75 Å². The molecule has 214 valence electrons. The molecule has 9 heteroatoms. The van der Waals surface area contributed by atoms with Crippen LogP contribution < -0.4 is 14.4 Å². The van der Waals surface area contributed by atoms with Gasteiger partial charge < -0.3 is 15.0 Å². The number of sulfonamides is 1. The van der Waals surface area contributed by atoms with Crippen LogP contribution in [0.4, 0.5) is 5.69 Å². The van der Waals surface area contributed by atoms with E-state index in [1.165, 1.54) is 24.1 Å². The van der Waals surface area contributed by atoms with Gasteiger partial charge in [-0.15, -0.1) is 0 Å². The van der Waals surface area contributed by atoms with Crippen molar-refractivity contribution < 1.29 is 22.7 Å². The van der Waals surface area contributed by atoms with Gasteiger partial charge in [0.1, 0.15) is 18.3 Å². The number of hydrogen-bond acceptors (Lipinski definition) is 5. The smallest absolute Gasteiger partial charge is 0.264 e. The van der Waals surface area contributed by atoms with Crippen molar-refractivity contribution in [3.05, 3.63) is 89.5 Å². The van der Waals surface area contributed by atoms with E-state index in [-0.39, 0.29) is 23.4 Å². The van der Waals surface area contributed by atoms with Crippen molar-refractivity contribution in [3.63, 3.8) is 0 Å². The summed E-state index contributed by atoms with van der Waals surface area (Å²) < 4.78 is 34.1. The fourth-order valence-electron chi connectivity index (χ4n) is 4.05. The van der Waals surface area contributed by atoms with Gasteiger partial charge in [0.15, 0.2) is 0 Å². The molecule has 0 spiro atoms. The lowest BCUT2D eigenvalue weighted by Crippen LogP contribution is -2.52. The maximum Gasteiger partial charge on any atom is 0.264 e. The van der Waals surface area contributed by atoms with Crippen molar-refractivity contribution in [2.24, 2.45) is 0 Å². The predicted octanol–water partition coefficient (Wildman–Crippen LogP) is 4.84. The third-order valence-corrected chi connectivity index (χ3v) is 8.68. The quantitative estimate of drug-likeness (QED) is 0.339. The van der Waals surface area contributed by atoms with Crippen molar-refractivity contribution in [1.82, 2.24) is 10.2 Å². The molecule has 1 N–H and O–H groups in total. The van der Waals surface area contributed by atoms with E-state index in [1.54, 1.807) is 43.3 Å². The Kier molecular flexibility index (Phi) is 10.3. The maximum atomic E-state index is 14.0. The Morgan fingerprint density at radius 3 is 1.95 bits per heavy atom. The molecule has 2 amide bonds. The summed E-state index contributed by atoms with van der Waals surface area (Å²) in [5.74, 6) is -0.245. The standard InChI is InChI=1S/C31H39N3O5S/c1-7-24(4)32-31(36)25(5)33(20-26-12-8-22(2)9-13-26)30(35)21-34(27-14-16-28(39-6)17-15-27)40(37,38)29-18-10-23(3)11-19-29/h8-19,24-25H,7,20-21H2,1-6H3,(H,32,36). The van der Waals surface area contributed by atoms with E-state index in [9.17, 15) is 18.0 Å². The number of methoxy groups -OCH3 is 1. The van der Waals surface area contributed by atoms with E-state index in [0.29, 0.717) is 11.4 Å². The first kappa shape index (κ1) is 30.7. The number of carbonyl (C=O) groups is 2. The van der Waals surface area contributed by atoms with Crippen molar-refractivity contribution >= 4 is 27.5 Å². The van der Waals surface area contributed by atoms with Gasteiger partial charge in [0.05, 0.1) is 17.7 Å². The summed E-state index contributed by atoms with van der Waals surface area (Å²) >= 11 is 0. The van der Waals surface area contributed by atoms with Gasteiger partial charge in [0.2, 0.25) is 11.8 Å². The van der Waals surface area contributed by atoms with Crippen molar-refractivity contribution in [2.75, 3.05) is 18.0 Å². The topological polar surface area (TPSA) is 96.0 Å². The monoisotopic (exact) mass is 565 g/mol. The number of nitrogens with zero attached hydrogens (tertiary/aromatic N) is 2. The molecule has 0 heterocycles. The number of carbonyl (C=O) groups excluding carboxylic acids is 2. The molecule has 2 atom stereocenters. The summed E-state index contributed by atoms with van der Waals surface area (Å²) in [5.41, 5.74) is 3.12. The minimum absolute atomic E-state index is 0.0642. The molecule has 3 aromatic rings. The Hall–Kier alpha value is -3.85. The molecule has 0 aliphatic rings. The minimum atomic E-state index is -4.12. The van der Waals surface area contributed by atoms with Crippen LogP contribution in [0.1, 0.15) is 43.9 Å². The number of nitrogens with one attached hydrogen (secondary N) is 1. The highest BCUT2D eigenvalue weighted by atomic mass is 32.2. The zero-order chi connectivity index (χ0) is 29.4. The second-order valence-electron chi connectivity index (χ2n) is 10.0. The van der Waals surface area contributed by atoms with Crippen LogP contribution in [-0.4, -0.2) is 50.9 Å². The van der Waals surface area contributed by atoms with Crippen LogP contribution in [0, 0.1) is 13.8 Å². The van der Waals surface area contributed by atoms with E-state index >= 15 is 0 Å². The van der Waals surface area contributed by atoms with Gasteiger partial charge in [-0.3, -0.25) is 13.9 Å². The third kappa shape index (κ3) is 7.63. The number of aryl methyl sites for hydroxylation is 2. The maximum absolute atomic E-state index is 14.0. The van der Waals surface area contributed by atoms with E-state index < -0.39 is 28.5 Å². The van der Waals surface area contributed by atoms with E-state index in [0.717, 1.165) is 27.4 Å². The van der Waals surface area contributed by atoms with Gasteiger partial charge in [0.25, 0.3) is 10.0 Å². The lowest BCUT2D eigenvalue weighted by atomic mass is 10.1. The second-order valence-corrected chi connectivity index (χ2v) is 11.9. The molecule has 3 rings (SSSR count). The van der Waals surface area contributed by atoms with Crippen molar-refractivity contribution in [2.45, 2.75) is 64.6 Å². The molecule has 0 radical (unpaired) electrons. The highest BCUT2D eigenvalue weighted by molar-refractivity contribution is 7.92. The van der Waals surface area contributed by atoms with Gasteiger partial charge in [-0.25, -0.2) is 8.42 Å². The molecule has 0 aromatic heterocycles. The zero-order valence-electron chi connectivity index (χ0n) is 24.0. The lowest BCUT2D eigenvalue weighted by Gasteiger charge is -2.32. The third-order valence-electron chi connectivity index (χ3n) is 6.89. The fraction of sp³-hybridized carbons (Fsp3) is 0.355. The van der Waals surface area contributed by atoms with Crippen LogP contribution in [0.3, 0.4) is 0 Å². The molecule has 0 fully saturated rings. The predicted molar refractivity (Wildman–Crippen MR) is 158 cm³/mol. The summed E-state index contributed by atoms with van der Waals surface area (Å²) in [5, 5.41) is 2.94. The highest BCUT2D eigenvalue weighted by Crippen LogP contribution is 2.27. The van der Waals surface area contributed by atoms with Gasteiger partial charge in [-0.1, -0.05) is 54.4 Å². The van der Waals surface area contributed by atoms with Crippen LogP contribution in [-0.2, 0) is 26.2 Å². The zero-order valence-corrected chi connectivity index (χ0v) is 24.9. The Balaban J connectivity index is 2.02. The number of hydrogen-bond donors (Lipinski definition) is 1. The van der Waals surface area contributed by atoms with E-state index in [1.807, 2.05) is 52.0 Å². The van der Waals surface area contributed by atoms with Crippen LogP contribution in [0.25, 0.3) is 0 Å². The number of ether oxygens (including phenoxy) is 1. The van der Waals surface area contributed by atoms with Gasteiger partial charge in [-0.2, -0.15) is 0 Å². The van der Waals surface area contributed by atoms with Gasteiger partial charge in [0, 0.05) is 12.6 Å². The molecule has 3 aromatic carbocycles. The second kappa shape index (κ2) is 13.5. The molecular weight excluding hydrogens is 526 g/mol. The summed E-state index contributed by atoms with van der Waals surface area (Å²) in [6.45, 7) is 9.03. The fourth-order valence-corrected chi connectivity index (χ4v) is 5.47. The normalized spacial score (nSPS) is 12.8. The molecule has 0 aliphatic heterocycles. The molecule has 0 saturated carbocycles. The molecule has 8 nitrogen and oxygen atoms in total. The Morgan fingerprint density at radius 1 is 0.875 bits per heavy atom. The first-order chi connectivity index (χ1) is 19.0. The summed E-state index contributed by atoms with van der Waals surface area (Å²) in [7, 11) is -2.60. The number of rotatable bonds is 12. The summed E-state index contributed by atoms with van der Waals surface area (Å²) in [4.78, 5) is 28.6. The molecular formula is C31H39N3O5S. The molecule has 0 bridgehead atoms. The number of anilines is 1. The molecule has 2 unspecified atom stereocenters. The Labute approximate surface area is 238 Å². The van der Waals surface area contributed by atoms with E-state index in [4.69, 9.17) is 4.74 Å². The number of amides is 2. The lowest BCUT2D eigenvalue weighted by molar-refractivity contribution is -0.139. The van der Waals surface area contributed by atoms with Crippen molar-refractivity contribution in [1.29, 1.82) is 0 Å². The minimum Gasteiger partial charge on any atom is -0.497 e. The first-order valence-corrected chi connectivity index (χ1v) is 14.8. The van der Waals surface area contributed by atoms with Crippen LogP contribution in [0.5, 0.6) is 5.75 Å². The number of benzene rings is 3. The SMILES string of the molecule is CCC(C)NC(=O)C(C)N(Cc1ccc(C)cc1)C(=O)CN(c1ccc(OC)cc1)S(=O)(=O)c1ccc(C)cc1. The largest absolute Gasteiger partial charge is 0.497 e. The molecule has 40 heavy (non-hydrogen) atoms. The molecule has 0 aliphatic carbocycles. The van der Waals surface area contributed by atoms with Gasteiger partial charge >= 0.3 is 0 Å². The van der Waals surface area contributed by atoms with Crippen LogP contribution in [0.15, 0.2) is 77.7 Å². The average molecular weight is 566 g/mol.